The third-order valence-electron chi connectivity index (χ3n) is 0. The molecular formula is CH2O5Th. The van der Waals surface area contributed by atoms with Crippen LogP contribution in [0.3, 0.4) is 0 Å². The standard InChI is InChI=1S/CH2O3.H2O.O.Th/c2-1(3)4;;;/h(H2,2,3,4);1H2;;/q;;-2;+4/p-2. The van der Waals surface area contributed by atoms with Crippen molar-refractivity contribution in [2.24, 2.45) is 0 Å². The minimum atomic E-state index is -2.33. The molecule has 0 radical (unpaired) electrons. The fourth-order valence-corrected chi connectivity index (χ4v) is 0. The van der Waals surface area contributed by atoms with Crippen molar-refractivity contribution in [2.75, 3.05) is 0 Å². The Hall–Kier alpha value is 0.515. The Bertz CT molecular complexity index is 31.1. The summed E-state index contributed by atoms with van der Waals surface area (Å²) in [5, 5.41) is 16.7. The van der Waals surface area contributed by atoms with Gasteiger partial charge in [0.2, 0.25) is 0 Å². The third kappa shape index (κ3) is 501. The number of carboxylic acid groups (broad SMARTS) is 2. The summed E-state index contributed by atoms with van der Waals surface area (Å²) in [7, 11) is 0. The van der Waals surface area contributed by atoms with Gasteiger partial charge in [0.15, 0.2) is 0 Å². The van der Waals surface area contributed by atoms with Crippen LogP contribution in [0, 0.1) is 39.9 Å². The number of hydrogen-bond donors (Lipinski definition) is 0. The molecule has 0 spiro atoms. The van der Waals surface area contributed by atoms with Crippen molar-refractivity contribution in [1.82, 2.24) is 0 Å². The predicted molar refractivity (Wildman–Crippen MR) is 9.70 cm³/mol. The Morgan fingerprint density at radius 1 is 1.29 bits per heavy atom. The average Bonchev–Trinajstić information content (AvgIpc) is 0.811. The van der Waals surface area contributed by atoms with Gasteiger partial charge in [0.1, 0.15) is 0 Å². The largest absolute Gasteiger partial charge is 4.00 e. The van der Waals surface area contributed by atoms with Gasteiger partial charge in [-0.05, 0) is 6.16 Å². The maximum absolute atomic E-state index is 8.33. The molecule has 2 N–H and O–H groups in total. The van der Waals surface area contributed by atoms with Crippen molar-refractivity contribution in [3.05, 3.63) is 0 Å². The van der Waals surface area contributed by atoms with Crippen LogP contribution >= 0.6 is 0 Å². The third-order valence-corrected chi connectivity index (χ3v) is 0. The van der Waals surface area contributed by atoms with Gasteiger partial charge in [-0.25, -0.2) is 0 Å². The van der Waals surface area contributed by atoms with Gasteiger partial charge in [0.05, 0.1) is 0 Å². The van der Waals surface area contributed by atoms with Gasteiger partial charge in [0, 0.05) is 0 Å². The van der Waals surface area contributed by atoms with Gasteiger partial charge in [0.25, 0.3) is 0 Å². The number of carbonyl (C=O) groups is 1. The van der Waals surface area contributed by atoms with E-state index in [1.807, 2.05) is 0 Å². The summed E-state index contributed by atoms with van der Waals surface area (Å²) in [6.45, 7) is 0. The van der Waals surface area contributed by atoms with Crippen LogP contribution in [0.2, 0.25) is 0 Å². The molecule has 7 heavy (non-hydrogen) atoms. The molecule has 0 aromatic rings. The first kappa shape index (κ1) is 25.8. The molecule has 0 saturated carbocycles. The van der Waals surface area contributed by atoms with Crippen LogP contribution < -0.4 is 10.2 Å². The summed E-state index contributed by atoms with van der Waals surface area (Å²) in [5.74, 6) is 0. The Morgan fingerprint density at radius 2 is 1.29 bits per heavy atom. The average molecular weight is 326 g/mol. The first-order valence-corrected chi connectivity index (χ1v) is 0.612. The minimum Gasteiger partial charge on any atom is -2.00 e. The summed E-state index contributed by atoms with van der Waals surface area (Å²) in [6.07, 6.45) is -2.33. The summed E-state index contributed by atoms with van der Waals surface area (Å²) < 4.78 is 0. The van der Waals surface area contributed by atoms with Crippen LogP contribution in [0.15, 0.2) is 0 Å². The zero-order chi connectivity index (χ0) is 3.58. The summed E-state index contributed by atoms with van der Waals surface area (Å²) in [6, 6.07) is 0. The molecule has 0 heterocycles. The van der Waals surface area contributed by atoms with Crippen LogP contribution in [0.1, 0.15) is 0 Å². The van der Waals surface area contributed by atoms with Crippen LogP contribution in [-0.4, -0.2) is 11.6 Å². The Balaban J connectivity index is -0.0000000150. The number of carbonyl (C=O) groups excluding carboxylic acids is 1. The maximum atomic E-state index is 8.33. The monoisotopic (exact) mass is 326 g/mol. The van der Waals surface area contributed by atoms with E-state index < -0.39 is 6.16 Å². The molecule has 0 atom stereocenters. The van der Waals surface area contributed by atoms with Gasteiger partial charge in [-0.1, -0.05) is 0 Å². The van der Waals surface area contributed by atoms with Crippen LogP contribution in [-0.2, 0) is 5.48 Å². The fraction of sp³-hybridized carbons (Fsp3) is 0. The molecule has 0 aliphatic rings. The van der Waals surface area contributed by atoms with E-state index in [0.717, 1.165) is 0 Å². The summed E-state index contributed by atoms with van der Waals surface area (Å²) >= 11 is 0. The van der Waals surface area contributed by atoms with Gasteiger partial charge in [-0.3, -0.25) is 0 Å². The van der Waals surface area contributed by atoms with E-state index in [9.17, 15) is 0 Å². The summed E-state index contributed by atoms with van der Waals surface area (Å²) in [5.41, 5.74) is 0. The van der Waals surface area contributed by atoms with Crippen molar-refractivity contribution < 1.29 is 65.9 Å². The topological polar surface area (TPSA) is 123 Å². The Morgan fingerprint density at radius 3 is 1.29 bits per heavy atom. The first-order chi connectivity index (χ1) is 1.73. The second-order valence-corrected chi connectivity index (χ2v) is 0.250. The Kier molecular flexibility index (Phi) is 59.2. The smallest absolute Gasteiger partial charge is 2.00 e. The van der Waals surface area contributed by atoms with Crippen molar-refractivity contribution in [1.29, 1.82) is 0 Å². The molecule has 0 bridgehead atoms. The Labute approximate surface area is 71.6 Å². The van der Waals surface area contributed by atoms with E-state index in [2.05, 4.69) is 0 Å². The molecule has 0 aromatic carbocycles. The van der Waals surface area contributed by atoms with E-state index in [-0.39, 0.29) is 50.9 Å². The van der Waals surface area contributed by atoms with Crippen molar-refractivity contribution >= 4 is 6.16 Å². The molecule has 0 amide bonds. The van der Waals surface area contributed by atoms with Gasteiger partial charge >= 0.3 is 39.9 Å². The molecule has 0 aliphatic heterocycles. The number of rotatable bonds is 0. The van der Waals surface area contributed by atoms with E-state index in [1.54, 1.807) is 0 Å². The zero-order valence-electron chi connectivity index (χ0n) is 3.13. The van der Waals surface area contributed by atoms with Crippen molar-refractivity contribution in [3.8, 4) is 0 Å². The summed E-state index contributed by atoms with van der Waals surface area (Å²) in [4.78, 5) is 8.33. The van der Waals surface area contributed by atoms with E-state index in [4.69, 9.17) is 15.0 Å². The molecule has 0 fully saturated rings. The van der Waals surface area contributed by atoms with Gasteiger partial charge in [-0.2, -0.15) is 0 Å². The molecule has 6 heteroatoms. The van der Waals surface area contributed by atoms with E-state index in [0.29, 0.717) is 0 Å². The molecule has 40 valence electrons. The fourth-order valence-electron chi connectivity index (χ4n) is 0. The van der Waals surface area contributed by atoms with Crippen molar-refractivity contribution in [2.45, 2.75) is 0 Å². The SMILES string of the molecule is O.O=C([O-])[O-].[O-2].[Th+4]. The maximum Gasteiger partial charge on any atom is 4.00 e. The van der Waals surface area contributed by atoms with Crippen LogP contribution in [0.4, 0.5) is 4.79 Å². The van der Waals surface area contributed by atoms with Gasteiger partial charge < -0.3 is 26.0 Å². The normalized spacial score (nSPS) is 3.43. The molecular weight excluding hydrogens is 324 g/mol. The molecule has 0 saturated heterocycles. The minimum absolute atomic E-state index is 0. The van der Waals surface area contributed by atoms with Crippen LogP contribution in [0.5, 0.6) is 0 Å². The van der Waals surface area contributed by atoms with Gasteiger partial charge in [-0.15, -0.1) is 0 Å². The van der Waals surface area contributed by atoms with Crippen molar-refractivity contribution in [3.63, 3.8) is 0 Å². The predicted octanol–water partition coefficient (Wildman–Crippen LogP) is -3.39. The molecule has 0 aliphatic carbocycles. The zero-order valence-corrected chi connectivity index (χ0v) is 7.24. The quantitative estimate of drug-likeness (QED) is 0.461. The number of hydrogen-bond acceptors (Lipinski definition) is 3. The second kappa shape index (κ2) is 16.0. The molecule has 0 rings (SSSR count). The van der Waals surface area contributed by atoms with E-state index >= 15 is 0 Å². The second-order valence-electron chi connectivity index (χ2n) is 0.250. The molecule has 0 aromatic heterocycles. The first-order valence-electron chi connectivity index (χ1n) is 0.612. The molecule has 5 nitrogen and oxygen atoms in total. The van der Waals surface area contributed by atoms with Crippen LogP contribution in [0.25, 0.3) is 0 Å². The van der Waals surface area contributed by atoms with E-state index in [1.165, 1.54) is 0 Å². The molecule has 0 unspecified atom stereocenters.